The van der Waals surface area contributed by atoms with Crippen molar-refractivity contribution < 1.29 is 9.47 Å². The first-order chi connectivity index (χ1) is 12.2. The molecule has 0 aliphatic heterocycles. The summed E-state index contributed by atoms with van der Waals surface area (Å²) < 4.78 is 11.2. The minimum absolute atomic E-state index is 0.415. The predicted octanol–water partition coefficient (Wildman–Crippen LogP) is 3.97. The van der Waals surface area contributed by atoms with Crippen LogP contribution in [0.4, 0.5) is 5.69 Å². The monoisotopic (exact) mass is 355 g/mol. The first-order valence-electron chi connectivity index (χ1n) is 7.88. The van der Waals surface area contributed by atoms with Gasteiger partial charge in [-0.15, -0.1) is 0 Å². The molecule has 0 heterocycles. The Morgan fingerprint density at radius 2 is 1.96 bits per heavy atom. The van der Waals surface area contributed by atoms with E-state index in [1.165, 1.54) is 0 Å². The molecule has 0 aliphatic carbocycles. The van der Waals surface area contributed by atoms with Crippen LogP contribution in [-0.2, 0) is 0 Å². The summed E-state index contributed by atoms with van der Waals surface area (Å²) in [5.74, 6) is 1.34. The zero-order valence-electron chi connectivity index (χ0n) is 14.1. The van der Waals surface area contributed by atoms with Crippen LogP contribution in [0.15, 0.2) is 66.3 Å². The van der Waals surface area contributed by atoms with Gasteiger partial charge in [0.05, 0.1) is 12.8 Å². The highest BCUT2D eigenvalue weighted by Gasteiger charge is 2.05. The van der Waals surface area contributed by atoms with Crippen molar-refractivity contribution >= 4 is 29.2 Å². The van der Waals surface area contributed by atoms with Gasteiger partial charge in [-0.05, 0) is 55.0 Å². The van der Waals surface area contributed by atoms with Crippen LogP contribution in [0.1, 0.15) is 12.5 Å². The quantitative estimate of drug-likeness (QED) is 0.325. The second-order valence-corrected chi connectivity index (χ2v) is 5.34. The van der Waals surface area contributed by atoms with Crippen LogP contribution in [0.3, 0.4) is 0 Å². The van der Waals surface area contributed by atoms with E-state index in [9.17, 15) is 0 Å². The molecule has 0 amide bonds. The van der Waals surface area contributed by atoms with Gasteiger partial charge in [0.1, 0.15) is 6.61 Å². The molecule has 2 aromatic rings. The van der Waals surface area contributed by atoms with Crippen LogP contribution in [-0.4, -0.2) is 24.5 Å². The SMILES string of the molecule is C=CCOc1ccc(/C=N/NC(=S)Nc2ccccc2)cc1OCC. The lowest BCUT2D eigenvalue weighted by molar-refractivity contribution is 0.297. The topological polar surface area (TPSA) is 54.9 Å². The second kappa shape index (κ2) is 10.1. The third-order valence-corrected chi connectivity index (χ3v) is 3.23. The maximum atomic E-state index is 5.60. The lowest BCUT2D eigenvalue weighted by Gasteiger charge is -2.11. The van der Waals surface area contributed by atoms with E-state index in [2.05, 4.69) is 22.4 Å². The molecule has 0 aromatic heterocycles. The van der Waals surface area contributed by atoms with Crippen LogP contribution < -0.4 is 20.2 Å². The van der Waals surface area contributed by atoms with Gasteiger partial charge in [-0.3, -0.25) is 5.43 Å². The number of rotatable bonds is 8. The minimum atomic E-state index is 0.415. The van der Waals surface area contributed by atoms with E-state index >= 15 is 0 Å². The zero-order valence-corrected chi connectivity index (χ0v) is 14.9. The minimum Gasteiger partial charge on any atom is -0.490 e. The van der Waals surface area contributed by atoms with Gasteiger partial charge in [0.15, 0.2) is 16.6 Å². The van der Waals surface area contributed by atoms with Crippen LogP contribution in [0, 0.1) is 0 Å². The third kappa shape index (κ3) is 6.27. The van der Waals surface area contributed by atoms with Crippen molar-refractivity contribution in [2.24, 2.45) is 5.10 Å². The molecular formula is C19H21N3O2S. The number of hydrogen-bond donors (Lipinski definition) is 2. The summed E-state index contributed by atoms with van der Waals surface area (Å²) in [6.07, 6.45) is 3.36. The van der Waals surface area contributed by atoms with E-state index in [0.717, 1.165) is 11.3 Å². The molecule has 0 bridgehead atoms. The number of hydrogen-bond acceptors (Lipinski definition) is 4. The van der Waals surface area contributed by atoms with Crippen molar-refractivity contribution in [1.29, 1.82) is 0 Å². The summed E-state index contributed by atoms with van der Waals surface area (Å²) in [6, 6.07) is 15.2. The molecule has 25 heavy (non-hydrogen) atoms. The molecule has 130 valence electrons. The molecule has 0 unspecified atom stereocenters. The van der Waals surface area contributed by atoms with Crippen LogP contribution in [0.2, 0.25) is 0 Å². The number of ether oxygens (including phenoxy) is 2. The summed E-state index contributed by atoms with van der Waals surface area (Å²) in [4.78, 5) is 0. The van der Waals surface area contributed by atoms with Crippen LogP contribution in [0.5, 0.6) is 11.5 Å². The van der Waals surface area contributed by atoms with Crippen molar-refractivity contribution in [1.82, 2.24) is 5.43 Å². The average molecular weight is 355 g/mol. The van der Waals surface area contributed by atoms with E-state index in [-0.39, 0.29) is 0 Å². The number of anilines is 1. The van der Waals surface area contributed by atoms with Crippen molar-refractivity contribution in [3.05, 3.63) is 66.7 Å². The summed E-state index contributed by atoms with van der Waals surface area (Å²) in [7, 11) is 0. The number of hydrazone groups is 1. The maximum absolute atomic E-state index is 5.60. The van der Waals surface area contributed by atoms with Gasteiger partial charge in [0, 0.05) is 5.69 Å². The van der Waals surface area contributed by atoms with Gasteiger partial charge in [-0.25, -0.2) is 0 Å². The van der Waals surface area contributed by atoms with E-state index in [0.29, 0.717) is 29.8 Å². The summed E-state index contributed by atoms with van der Waals surface area (Å²) in [5, 5.41) is 7.60. The van der Waals surface area contributed by atoms with Gasteiger partial charge in [-0.1, -0.05) is 30.9 Å². The van der Waals surface area contributed by atoms with E-state index in [1.54, 1.807) is 12.3 Å². The first-order valence-corrected chi connectivity index (χ1v) is 8.29. The molecule has 0 aliphatic rings. The van der Waals surface area contributed by atoms with E-state index < -0.39 is 0 Å². The van der Waals surface area contributed by atoms with E-state index in [4.69, 9.17) is 21.7 Å². The van der Waals surface area contributed by atoms with Gasteiger partial charge >= 0.3 is 0 Å². The van der Waals surface area contributed by atoms with Crippen molar-refractivity contribution in [2.45, 2.75) is 6.92 Å². The van der Waals surface area contributed by atoms with Gasteiger partial charge < -0.3 is 14.8 Å². The Bertz CT molecular complexity index is 733. The molecule has 2 aromatic carbocycles. The fraction of sp³-hybridized carbons (Fsp3) is 0.158. The Kier molecular flexibility index (Phi) is 7.46. The molecular weight excluding hydrogens is 334 g/mol. The largest absolute Gasteiger partial charge is 0.490 e. The third-order valence-electron chi connectivity index (χ3n) is 3.04. The Labute approximate surface area is 153 Å². The van der Waals surface area contributed by atoms with Gasteiger partial charge in [-0.2, -0.15) is 5.10 Å². The van der Waals surface area contributed by atoms with E-state index in [1.807, 2.05) is 55.5 Å². The number of nitrogens with zero attached hydrogens (tertiary/aromatic N) is 1. The molecule has 5 nitrogen and oxygen atoms in total. The highest BCUT2D eigenvalue weighted by atomic mass is 32.1. The van der Waals surface area contributed by atoms with Gasteiger partial charge in [0.2, 0.25) is 0 Å². The van der Waals surface area contributed by atoms with Crippen LogP contribution in [0.25, 0.3) is 0 Å². The normalized spacial score (nSPS) is 10.3. The predicted molar refractivity (Wildman–Crippen MR) is 107 cm³/mol. The Morgan fingerprint density at radius 1 is 1.16 bits per heavy atom. The maximum Gasteiger partial charge on any atom is 0.191 e. The number of para-hydroxylation sites is 1. The molecule has 0 fully saturated rings. The molecule has 0 spiro atoms. The summed E-state index contributed by atoms with van der Waals surface area (Å²) in [5.41, 5.74) is 4.55. The molecule has 2 N–H and O–H groups in total. The average Bonchev–Trinajstić information content (AvgIpc) is 2.62. The molecule has 0 atom stereocenters. The second-order valence-electron chi connectivity index (χ2n) is 4.93. The lowest BCUT2D eigenvalue weighted by atomic mass is 10.2. The smallest absolute Gasteiger partial charge is 0.191 e. The van der Waals surface area contributed by atoms with Gasteiger partial charge in [0.25, 0.3) is 0 Å². The van der Waals surface area contributed by atoms with Crippen molar-refractivity contribution in [3.8, 4) is 11.5 Å². The zero-order chi connectivity index (χ0) is 17.9. The Hall–Kier alpha value is -2.86. The fourth-order valence-electron chi connectivity index (χ4n) is 1.99. The van der Waals surface area contributed by atoms with Crippen molar-refractivity contribution in [3.63, 3.8) is 0 Å². The lowest BCUT2D eigenvalue weighted by Crippen LogP contribution is -2.23. The summed E-state index contributed by atoms with van der Waals surface area (Å²) in [6.45, 7) is 6.54. The fourth-order valence-corrected chi connectivity index (χ4v) is 2.16. The first kappa shape index (κ1) is 18.5. The number of nitrogens with one attached hydrogen (secondary N) is 2. The highest BCUT2D eigenvalue weighted by Crippen LogP contribution is 2.28. The van der Waals surface area contributed by atoms with Crippen molar-refractivity contribution in [2.75, 3.05) is 18.5 Å². The number of benzene rings is 2. The molecule has 6 heteroatoms. The summed E-state index contributed by atoms with van der Waals surface area (Å²) >= 11 is 5.20. The Balaban J connectivity index is 1.96. The number of thiocarbonyl (C=S) groups is 1. The van der Waals surface area contributed by atoms with Crippen LogP contribution >= 0.6 is 12.2 Å². The molecule has 0 saturated heterocycles. The molecule has 0 radical (unpaired) electrons. The molecule has 2 rings (SSSR count). The molecule has 0 saturated carbocycles. The Morgan fingerprint density at radius 3 is 2.68 bits per heavy atom. The standard InChI is InChI=1S/C19H21N3O2S/c1-3-12-24-17-11-10-15(13-18(17)23-4-2)14-20-22-19(25)21-16-8-6-5-7-9-16/h3,5-11,13-14H,1,4,12H2,2H3,(H2,21,22,25)/b20-14+. The highest BCUT2D eigenvalue weighted by molar-refractivity contribution is 7.80.